The molecule has 0 spiro atoms. The molecule has 2 N–H and O–H groups in total. The molecule has 0 fully saturated rings. The Kier molecular flexibility index (Phi) is 6.38. The van der Waals surface area contributed by atoms with Crippen LogP contribution in [0.1, 0.15) is 39.3 Å². The van der Waals surface area contributed by atoms with Crippen molar-refractivity contribution in [2.75, 3.05) is 13.2 Å². The van der Waals surface area contributed by atoms with Crippen molar-refractivity contribution in [2.24, 2.45) is 5.92 Å². The van der Waals surface area contributed by atoms with Gasteiger partial charge in [-0.1, -0.05) is 19.9 Å². The van der Waals surface area contributed by atoms with Crippen molar-refractivity contribution in [3.63, 3.8) is 0 Å². The van der Waals surface area contributed by atoms with E-state index >= 15 is 0 Å². The normalized spacial score (nSPS) is 16.6. The topological polar surface area (TPSA) is 120 Å². The lowest BCUT2D eigenvalue weighted by Gasteiger charge is -2.30. The number of carbonyl (C=O) groups is 2. The Bertz CT molecular complexity index is 787. The highest BCUT2D eigenvalue weighted by atomic mass is 16.6. The first-order valence-corrected chi connectivity index (χ1v) is 8.69. The van der Waals surface area contributed by atoms with Crippen molar-refractivity contribution < 1.29 is 24.0 Å². The molecule has 1 aliphatic heterocycles. The van der Waals surface area contributed by atoms with Gasteiger partial charge in [0, 0.05) is 11.8 Å². The van der Waals surface area contributed by atoms with E-state index in [2.05, 4.69) is 10.6 Å². The number of nitro benzene ring substituents is 1. The standard InChI is InChI=1S/C18H23N3O6/c1-5-26-13-8-7-11(9-12(13)21(24)25)16-14(17(22)27-6-2)15(10(3)4)19-18(23)20-16/h7-10,16H,5-6H2,1-4H3,(H2,19,20,23). The number of carbonyl (C=O) groups excluding carboxylic acids is 2. The predicted octanol–water partition coefficient (Wildman–Crippen LogP) is 2.82. The summed E-state index contributed by atoms with van der Waals surface area (Å²) in [7, 11) is 0. The number of nitrogens with zero attached hydrogens (tertiary/aromatic N) is 1. The SMILES string of the molecule is CCOC(=O)C1=C(C(C)C)NC(=O)NC1c1ccc(OCC)c([N+](=O)[O-])c1. The van der Waals surface area contributed by atoms with Gasteiger partial charge in [0.1, 0.15) is 0 Å². The van der Waals surface area contributed by atoms with Crippen molar-refractivity contribution in [3.8, 4) is 5.75 Å². The second-order valence-corrected chi connectivity index (χ2v) is 6.15. The second-order valence-electron chi connectivity index (χ2n) is 6.15. The monoisotopic (exact) mass is 377 g/mol. The molecule has 0 aromatic heterocycles. The minimum absolute atomic E-state index is 0.122. The Morgan fingerprint density at radius 2 is 2.00 bits per heavy atom. The minimum atomic E-state index is -0.871. The number of ether oxygens (including phenoxy) is 2. The van der Waals surface area contributed by atoms with E-state index in [4.69, 9.17) is 9.47 Å². The van der Waals surface area contributed by atoms with Crippen LogP contribution in [0.4, 0.5) is 10.5 Å². The molecule has 1 unspecified atom stereocenters. The first kappa shape index (κ1) is 20.2. The van der Waals surface area contributed by atoms with Crippen LogP contribution in [0.3, 0.4) is 0 Å². The number of urea groups is 1. The fourth-order valence-electron chi connectivity index (χ4n) is 2.86. The van der Waals surface area contributed by atoms with Gasteiger partial charge in [-0.2, -0.15) is 0 Å². The van der Waals surface area contributed by atoms with Gasteiger partial charge >= 0.3 is 17.7 Å². The van der Waals surface area contributed by atoms with Crippen LogP contribution in [0.5, 0.6) is 5.75 Å². The van der Waals surface area contributed by atoms with Gasteiger partial charge in [-0.05, 0) is 31.4 Å². The number of nitro groups is 1. The van der Waals surface area contributed by atoms with Gasteiger partial charge in [-0.15, -0.1) is 0 Å². The summed E-state index contributed by atoms with van der Waals surface area (Å²) in [5.41, 5.74) is 0.807. The van der Waals surface area contributed by atoms with E-state index in [0.29, 0.717) is 11.3 Å². The van der Waals surface area contributed by atoms with Crippen LogP contribution in [0, 0.1) is 16.0 Å². The molecule has 9 heteroatoms. The van der Waals surface area contributed by atoms with Crippen LogP contribution in [0.25, 0.3) is 0 Å². The zero-order chi connectivity index (χ0) is 20.1. The summed E-state index contributed by atoms with van der Waals surface area (Å²) in [6, 6.07) is 2.99. The van der Waals surface area contributed by atoms with Crippen LogP contribution in [-0.2, 0) is 9.53 Å². The van der Waals surface area contributed by atoms with E-state index in [1.165, 1.54) is 12.1 Å². The zero-order valence-corrected chi connectivity index (χ0v) is 15.7. The van der Waals surface area contributed by atoms with E-state index in [1.54, 1.807) is 19.9 Å². The molecule has 1 heterocycles. The fraction of sp³-hybridized carbons (Fsp3) is 0.444. The van der Waals surface area contributed by atoms with Crippen molar-refractivity contribution in [1.29, 1.82) is 0 Å². The highest BCUT2D eigenvalue weighted by Gasteiger charge is 2.35. The van der Waals surface area contributed by atoms with Crippen LogP contribution in [0.2, 0.25) is 0 Å². The Balaban J connectivity index is 2.60. The number of rotatable bonds is 7. The number of amides is 2. The number of allylic oxidation sites excluding steroid dienone is 1. The molecule has 2 amide bonds. The number of esters is 1. The molecule has 0 saturated heterocycles. The van der Waals surface area contributed by atoms with E-state index in [1.807, 2.05) is 13.8 Å². The number of hydrogen-bond donors (Lipinski definition) is 2. The predicted molar refractivity (Wildman–Crippen MR) is 97.2 cm³/mol. The fourth-order valence-corrected chi connectivity index (χ4v) is 2.86. The highest BCUT2D eigenvalue weighted by Crippen LogP contribution is 2.35. The molecule has 27 heavy (non-hydrogen) atoms. The molecule has 1 aliphatic rings. The van der Waals surface area contributed by atoms with Crippen molar-refractivity contribution in [1.82, 2.24) is 10.6 Å². The van der Waals surface area contributed by atoms with Gasteiger partial charge < -0.3 is 20.1 Å². The summed E-state index contributed by atoms with van der Waals surface area (Å²) >= 11 is 0. The Morgan fingerprint density at radius 1 is 1.30 bits per heavy atom. The third kappa shape index (κ3) is 4.36. The Morgan fingerprint density at radius 3 is 2.56 bits per heavy atom. The second kappa shape index (κ2) is 8.52. The highest BCUT2D eigenvalue weighted by molar-refractivity contribution is 5.95. The summed E-state index contributed by atoms with van der Waals surface area (Å²) in [6.07, 6.45) is 0. The van der Waals surface area contributed by atoms with Gasteiger partial charge in [0.25, 0.3) is 0 Å². The molecule has 146 valence electrons. The quantitative estimate of drug-likeness (QED) is 0.428. The van der Waals surface area contributed by atoms with Gasteiger partial charge in [0.05, 0.1) is 29.8 Å². The smallest absolute Gasteiger partial charge is 0.338 e. The lowest BCUT2D eigenvalue weighted by molar-refractivity contribution is -0.385. The maximum atomic E-state index is 12.6. The van der Waals surface area contributed by atoms with Gasteiger partial charge in [0.15, 0.2) is 5.75 Å². The lowest BCUT2D eigenvalue weighted by atomic mass is 9.91. The Labute approximate surface area is 156 Å². The molecule has 1 aromatic rings. The molecule has 9 nitrogen and oxygen atoms in total. The van der Waals surface area contributed by atoms with Crippen LogP contribution >= 0.6 is 0 Å². The third-order valence-corrected chi connectivity index (χ3v) is 3.99. The van der Waals surface area contributed by atoms with E-state index in [0.717, 1.165) is 0 Å². The van der Waals surface area contributed by atoms with E-state index in [-0.39, 0.29) is 36.1 Å². The molecule has 0 aliphatic carbocycles. The van der Waals surface area contributed by atoms with Crippen LogP contribution < -0.4 is 15.4 Å². The van der Waals surface area contributed by atoms with Crippen molar-refractivity contribution in [2.45, 2.75) is 33.7 Å². The van der Waals surface area contributed by atoms with Crippen molar-refractivity contribution in [3.05, 3.63) is 45.1 Å². The van der Waals surface area contributed by atoms with Crippen LogP contribution in [0.15, 0.2) is 29.5 Å². The molecular weight excluding hydrogens is 354 g/mol. The average Bonchev–Trinajstić information content (AvgIpc) is 2.61. The van der Waals surface area contributed by atoms with Crippen molar-refractivity contribution >= 4 is 17.7 Å². The van der Waals surface area contributed by atoms with E-state index < -0.39 is 23.0 Å². The summed E-state index contributed by atoms with van der Waals surface area (Å²) in [4.78, 5) is 35.5. The molecule has 0 saturated carbocycles. The maximum Gasteiger partial charge on any atom is 0.338 e. The summed E-state index contributed by atoms with van der Waals surface area (Å²) in [6.45, 7) is 7.50. The number of benzene rings is 1. The van der Waals surface area contributed by atoms with Crippen LogP contribution in [-0.4, -0.2) is 30.1 Å². The average molecular weight is 377 g/mol. The molecular formula is C18H23N3O6. The largest absolute Gasteiger partial charge is 0.487 e. The molecule has 1 aromatic carbocycles. The van der Waals surface area contributed by atoms with Gasteiger partial charge in [0.2, 0.25) is 0 Å². The van der Waals surface area contributed by atoms with E-state index in [9.17, 15) is 19.7 Å². The zero-order valence-electron chi connectivity index (χ0n) is 15.7. The molecule has 0 bridgehead atoms. The lowest BCUT2D eigenvalue weighted by Crippen LogP contribution is -2.47. The number of hydrogen-bond acceptors (Lipinski definition) is 6. The third-order valence-electron chi connectivity index (χ3n) is 3.99. The molecule has 0 radical (unpaired) electrons. The molecule has 1 atom stereocenters. The summed E-state index contributed by atoms with van der Waals surface area (Å²) < 4.78 is 10.4. The number of nitrogens with one attached hydrogen (secondary N) is 2. The first-order chi connectivity index (χ1) is 12.8. The summed E-state index contributed by atoms with van der Waals surface area (Å²) in [5, 5.41) is 16.7. The Hall–Kier alpha value is -3.10. The summed E-state index contributed by atoms with van der Waals surface area (Å²) in [5.74, 6) is -0.622. The molecule has 2 rings (SSSR count). The minimum Gasteiger partial charge on any atom is -0.487 e. The first-order valence-electron chi connectivity index (χ1n) is 8.69. The van der Waals surface area contributed by atoms with Gasteiger partial charge in [-0.25, -0.2) is 9.59 Å². The maximum absolute atomic E-state index is 12.6. The van der Waals surface area contributed by atoms with Gasteiger partial charge in [-0.3, -0.25) is 10.1 Å².